The van der Waals surface area contributed by atoms with E-state index in [1.54, 1.807) is 17.0 Å². The van der Waals surface area contributed by atoms with E-state index in [9.17, 15) is 14.7 Å². The molecule has 0 unspecified atom stereocenters. The first kappa shape index (κ1) is 24.3. The Morgan fingerprint density at radius 2 is 1.65 bits per heavy atom. The largest absolute Gasteiger partial charge is 0.493 e. The van der Waals surface area contributed by atoms with Crippen LogP contribution >= 0.6 is 0 Å². The molecule has 188 valence electrons. The lowest BCUT2D eigenvalue weighted by Crippen LogP contribution is -2.25. The van der Waals surface area contributed by atoms with Crippen LogP contribution in [0, 0.1) is 6.92 Å². The van der Waals surface area contributed by atoms with E-state index >= 15 is 0 Å². The molecule has 0 spiro atoms. The van der Waals surface area contributed by atoms with E-state index in [-0.39, 0.29) is 12.3 Å². The van der Waals surface area contributed by atoms with Crippen molar-refractivity contribution in [1.82, 2.24) is 9.88 Å². The van der Waals surface area contributed by atoms with E-state index < -0.39 is 5.97 Å². The second-order valence-electron chi connectivity index (χ2n) is 9.09. The molecule has 1 N–H and O–H groups in total. The molecule has 3 aromatic carbocycles. The first-order valence-electron chi connectivity index (χ1n) is 12.3. The van der Waals surface area contributed by atoms with Crippen molar-refractivity contribution in [1.29, 1.82) is 0 Å². The third kappa shape index (κ3) is 5.40. The predicted octanol–water partition coefficient (Wildman–Crippen LogP) is 5.44. The first-order chi connectivity index (χ1) is 18.0. The van der Waals surface area contributed by atoms with Crippen molar-refractivity contribution in [3.63, 3.8) is 0 Å². The monoisotopic (exact) mass is 496 g/mol. The Kier molecular flexibility index (Phi) is 7.03. The third-order valence-corrected chi connectivity index (χ3v) is 6.61. The zero-order valence-corrected chi connectivity index (χ0v) is 20.6. The standard InChI is InChI=1S/C30H28N2O5/c1-20-26(31-29(37-20)22-8-4-2-5-9-22)16-17-36-27-14-12-21(13-15-28(33)34)24-18-32(19-25(24)27)30(35)23-10-6-3-7-11-23/h2-12,14H,13,15-19H2,1H3,(H,33,34). The molecule has 0 saturated carbocycles. The Bertz CT molecular complexity index is 1410. The van der Waals surface area contributed by atoms with Crippen molar-refractivity contribution >= 4 is 11.9 Å². The summed E-state index contributed by atoms with van der Waals surface area (Å²) in [4.78, 5) is 30.8. The number of oxazole rings is 1. The van der Waals surface area contributed by atoms with Crippen LogP contribution in [0.25, 0.3) is 11.5 Å². The van der Waals surface area contributed by atoms with Crippen LogP contribution in [0.2, 0.25) is 0 Å². The SMILES string of the molecule is Cc1oc(-c2ccccc2)nc1CCOc1ccc(CCC(=O)O)c2c1CN(C(=O)c1ccccc1)C2. The molecule has 0 radical (unpaired) electrons. The average Bonchev–Trinajstić information content (AvgIpc) is 3.53. The molecule has 7 heteroatoms. The van der Waals surface area contributed by atoms with Crippen molar-refractivity contribution < 1.29 is 23.8 Å². The molecule has 2 heterocycles. The second kappa shape index (κ2) is 10.7. The van der Waals surface area contributed by atoms with Gasteiger partial charge in [0, 0.05) is 36.1 Å². The number of carbonyl (C=O) groups is 2. The van der Waals surface area contributed by atoms with Gasteiger partial charge in [-0.2, -0.15) is 0 Å². The highest BCUT2D eigenvalue weighted by Gasteiger charge is 2.29. The second-order valence-corrected chi connectivity index (χ2v) is 9.09. The van der Waals surface area contributed by atoms with Gasteiger partial charge in [0.15, 0.2) is 0 Å². The highest BCUT2D eigenvalue weighted by Crippen LogP contribution is 2.35. The van der Waals surface area contributed by atoms with E-state index in [1.807, 2.05) is 67.6 Å². The Balaban J connectivity index is 1.32. The fraction of sp³-hybridized carbons (Fsp3) is 0.233. The molecule has 4 aromatic rings. The van der Waals surface area contributed by atoms with E-state index in [0.717, 1.165) is 33.7 Å². The Hall–Kier alpha value is -4.39. The average molecular weight is 497 g/mol. The number of ether oxygens (including phenoxy) is 1. The number of hydrogen-bond donors (Lipinski definition) is 1. The lowest BCUT2D eigenvalue weighted by atomic mass is 9.99. The molecule has 0 bridgehead atoms. The summed E-state index contributed by atoms with van der Waals surface area (Å²) in [6, 6.07) is 22.8. The number of fused-ring (bicyclic) bond motifs is 1. The van der Waals surface area contributed by atoms with E-state index in [2.05, 4.69) is 4.98 Å². The minimum atomic E-state index is -0.845. The van der Waals surface area contributed by atoms with Crippen LogP contribution in [-0.4, -0.2) is 33.5 Å². The van der Waals surface area contributed by atoms with Gasteiger partial charge in [0.1, 0.15) is 11.5 Å². The van der Waals surface area contributed by atoms with Gasteiger partial charge >= 0.3 is 5.97 Å². The summed E-state index contributed by atoms with van der Waals surface area (Å²) in [6.45, 7) is 3.14. The summed E-state index contributed by atoms with van der Waals surface area (Å²) in [5.41, 5.74) is 5.25. The van der Waals surface area contributed by atoms with Crippen LogP contribution in [-0.2, 0) is 30.7 Å². The number of carboxylic acid groups (broad SMARTS) is 1. The number of hydrogen-bond acceptors (Lipinski definition) is 5. The number of nitrogens with zero attached hydrogens (tertiary/aromatic N) is 2. The number of carbonyl (C=O) groups excluding carboxylic acids is 1. The van der Waals surface area contributed by atoms with Crippen LogP contribution in [0.1, 0.15) is 44.9 Å². The quantitative estimate of drug-likeness (QED) is 0.332. The van der Waals surface area contributed by atoms with Crippen LogP contribution in [0.3, 0.4) is 0 Å². The maximum absolute atomic E-state index is 13.1. The minimum absolute atomic E-state index is 0.0362. The maximum Gasteiger partial charge on any atom is 0.303 e. The fourth-order valence-corrected chi connectivity index (χ4v) is 4.67. The van der Waals surface area contributed by atoms with Gasteiger partial charge in [0.2, 0.25) is 5.89 Å². The molecule has 37 heavy (non-hydrogen) atoms. The van der Waals surface area contributed by atoms with Crippen LogP contribution < -0.4 is 4.74 Å². The van der Waals surface area contributed by atoms with Crippen molar-refractivity contribution in [3.8, 4) is 17.2 Å². The summed E-state index contributed by atoms with van der Waals surface area (Å²) in [6.07, 6.45) is 1.02. The molecule has 1 amide bonds. The van der Waals surface area contributed by atoms with Gasteiger partial charge in [-0.3, -0.25) is 9.59 Å². The van der Waals surface area contributed by atoms with Gasteiger partial charge in [-0.15, -0.1) is 0 Å². The summed E-state index contributed by atoms with van der Waals surface area (Å²) < 4.78 is 12.1. The van der Waals surface area contributed by atoms with Crippen molar-refractivity contribution in [2.45, 2.75) is 39.3 Å². The molecule has 0 saturated heterocycles. The summed E-state index contributed by atoms with van der Waals surface area (Å²) in [5.74, 6) is 1.16. The summed E-state index contributed by atoms with van der Waals surface area (Å²) >= 11 is 0. The van der Waals surface area contributed by atoms with E-state index in [1.165, 1.54) is 0 Å². The topological polar surface area (TPSA) is 92.9 Å². The van der Waals surface area contributed by atoms with Gasteiger partial charge in [-0.1, -0.05) is 42.5 Å². The molecule has 5 rings (SSSR count). The normalized spacial score (nSPS) is 12.4. The van der Waals surface area contributed by atoms with E-state index in [4.69, 9.17) is 9.15 Å². The first-order valence-corrected chi connectivity index (χ1v) is 12.3. The number of aliphatic carboxylic acids is 1. The number of aromatic nitrogens is 1. The van der Waals surface area contributed by atoms with Gasteiger partial charge in [0.25, 0.3) is 5.91 Å². The molecule has 7 nitrogen and oxygen atoms in total. The number of rotatable bonds is 9. The molecule has 0 aliphatic carbocycles. The zero-order valence-electron chi connectivity index (χ0n) is 20.6. The molecule has 1 aliphatic heterocycles. The number of aryl methyl sites for hydroxylation is 2. The number of carboxylic acids is 1. The fourth-order valence-electron chi connectivity index (χ4n) is 4.67. The van der Waals surface area contributed by atoms with Crippen molar-refractivity contribution in [3.05, 3.63) is 107 Å². The van der Waals surface area contributed by atoms with Gasteiger partial charge < -0.3 is 19.2 Å². The van der Waals surface area contributed by atoms with Crippen LogP contribution in [0.5, 0.6) is 5.75 Å². The number of benzene rings is 3. The number of amides is 1. The third-order valence-electron chi connectivity index (χ3n) is 6.61. The van der Waals surface area contributed by atoms with Gasteiger partial charge in [-0.25, -0.2) is 4.98 Å². The van der Waals surface area contributed by atoms with Crippen LogP contribution in [0.4, 0.5) is 0 Å². The van der Waals surface area contributed by atoms with Gasteiger partial charge in [-0.05, 0) is 54.8 Å². The Morgan fingerprint density at radius 3 is 2.38 bits per heavy atom. The zero-order chi connectivity index (χ0) is 25.8. The van der Waals surface area contributed by atoms with Crippen LogP contribution in [0.15, 0.2) is 77.2 Å². The minimum Gasteiger partial charge on any atom is -0.493 e. The Labute approximate surface area is 215 Å². The Morgan fingerprint density at radius 1 is 0.946 bits per heavy atom. The molecule has 0 fully saturated rings. The summed E-state index contributed by atoms with van der Waals surface area (Å²) in [7, 11) is 0. The molecule has 0 atom stereocenters. The van der Waals surface area contributed by atoms with Gasteiger partial charge in [0.05, 0.1) is 18.8 Å². The highest BCUT2D eigenvalue weighted by atomic mass is 16.5. The van der Waals surface area contributed by atoms with Crippen molar-refractivity contribution in [2.75, 3.05) is 6.61 Å². The molecule has 1 aliphatic rings. The van der Waals surface area contributed by atoms with Crippen molar-refractivity contribution in [2.24, 2.45) is 0 Å². The predicted molar refractivity (Wildman–Crippen MR) is 138 cm³/mol. The maximum atomic E-state index is 13.1. The highest BCUT2D eigenvalue weighted by molar-refractivity contribution is 5.94. The lowest BCUT2D eigenvalue weighted by Gasteiger charge is -2.15. The smallest absolute Gasteiger partial charge is 0.303 e. The lowest BCUT2D eigenvalue weighted by molar-refractivity contribution is -0.136. The molecular weight excluding hydrogens is 468 g/mol. The molecule has 1 aromatic heterocycles. The molecular formula is C30H28N2O5. The van der Waals surface area contributed by atoms with E-state index in [0.29, 0.717) is 49.7 Å². The summed E-state index contributed by atoms with van der Waals surface area (Å²) in [5, 5.41) is 9.19.